The van der Waals surface area contributed by atoms with Gasteiger partial charge in [0.25, 0.3) is 0 Å². The van der Waals surface area contributed by atoms with E-state index in [0.29, 0.717) is 18.7 Å². The molecule has 2 amide bonds. The summed E-state index contributed by atoms with van der Waals surface area (Å²) in [6.07, 6.45) is 4.02. The van der Waals surface area contributed by atoms with Crippen LogP contribution in [0.1, 0.15) is 6.42 Å². The summed E-state index contributed by atoms with van der Waals surface area (Å²) in [5.41, 5.74) is 2.28. The normalized spacial score (nSPS) is 16.6. The van der Waals surface area contributed by atoms with Gasteiger partial charge in [-0.15, -0.1) is 0 Å². The van der Waals surface area contributed by atoms with Crippen LogP contribution in [0.3, 0.4) is 0 Å². The number of benzene rings is 2. The van der Waals surface area contributed by atoms with Crippen molar-refractivity contribution in [1.29, 1.82) is 0 Å². The number of nitrogens with zero attached hydrogens (tertiary/aromatic N) is 3. The highest BCUT2D eigenvalue weighted by atomic mass is 79.9. The fraction of sp³-hybridized carbons (Fsp3) is 0.150. The van der Waals surface area contributed by atoms with Gasteiger partial charge in [-0.25, -0.2) is 4.68 Å². The Morgan fingerprint density at radius 3 is 2.70 bits per heavy atom. The highest BCUT2D eigenvalue weighted by Gasteiger charge is 2.37. The number of anilines is 2. The molecule has 0 aliphatic carbocycles. The van der Waals surface area contributed by atoms with Crippen LogP contribution >= 0.6 is 15.9 Å². The molecule has 27 heavy (non-hydrogen) atoms. The van der Waals surface area contributed by atoms with E-state index in [1.54, 1.807) is 21.8 Å². The molecule has 1 aliphatic heterocycles. The Balaban J connectivity index is 1.48. The molecule has 1 atom stereocenters. The maximum absolute atomic E-state index is 12.7. The Morgan fingerprint density at radius 1 is 1.11 bits per heavy atom. The number of nitrogens with one attached hydrogen (secondary N) is 1. The van der Waals surface area contributed by atoms with Crippen LogP contribution in [0.25, 0.3) is 5.69 Å². The van der Waals surface area contributed by atoms with Crippen molar-refractivity contribution in [2.24, 2.45) is 5.92 Å². The van der Waals surface area contributed by atoms with Crippen molar-refractivity contribution in [2.75, 3.05) is 16.8 Å². The number of hydrogen-bond acceptors (Lipinski definition) is 3. The van der Waals surface area contributed by atoms with Crippen LogP contribution in [-0.4, -0.2) is 28.1 Å². The smallest absolute Gasteiger partial charge is 0.239 e. The van der Waals surface area contributed by atoms with Crippen molar-refractivity contribution in [1.82, 2.24) is 9.78 Å². The van der Waals surface area contributed by atoms with Crippen molar-refractivity contribution in [3.63, 3.8) is 0 Å². The van der Waals surface area contributed by atoms with Crippen LogP contribution in [0.15, 0.2) is 71.5 Å². The number of amides is 2. The second-order valence-corrected chi connectivity index (χ2v) is 7.22. The van der Waals surface area contributed by atoms with Gasteiger partial charge in [-0.3, -0.25) is 9.59 Å². The second kappa shape index (κ2) is 7.36. The molecule has 0 spiro atoms. The van der Waals surface area contributed by atoms with Crippen LogP contribution < -0.4 is 10.2 Å². The fourth-order valence-corrected chi connectivity index (χ4v) is 3.59. The highest BCUT2D eigenvalue weighted by molar-refractivity contribution is 9.10. The quantitative estimate of drug-likeness (QED) is 0.650. The molecule has 1 unspecified atom stereocenters. The SMILES string of the molecule is O=C(Nc1cccc(-n2cccn2)c1)C1CCN(c2cccc(Br)c2)C1=O. The highest BCUT2D eigenvalue weighted by Crippen LogP contribution is 2.28. The molecule has 7 heteroatoms. The standard InChI is InChI=1S/C20H17BrN4O2/c21-14-4-1-6-16(12-14)24-11-8-18(20(24)27)19(26)23-15-5-2-7-17(13-15)25-10-3-9-22-25/h1-7,9-10,12-13,18H,8,11H2,(H,23,26). The summed E-state index contributed by atoms with van der Waals surface area (Å²) in [4.78, 5) is 27.1. The van der Waals surface area contributed by atoms with Gasteiger partial charge >= 0.3 is 0 Å². The lowest BCUT2D eigenvalue weighted by atomic mass is 10.1. The largest absolute Gasteiger partial charge is 0.325 e. The van der Waals surface area contributed by atoms with Crippen LogP contribution in [0, 0.1) is 5.92 Å². The molecule has 1 aromatic heterocycles. The number of carbonyl (C=O) groups is 2. The van der Waals surface area contributed by atoms with E-state index >= 15 is 0 Å². The molecule has 1 saturated heterocycles. The third-order valence-electron chi connectivity index (χ3n) is 4.52. The Kier molecular flexibility index (Phi) is 4.77. The minimum Gasteiger partial charge on any atom is -0.325 e. The summed E-state index contributed by atoms with van der Waals surface area (Å²) in [5, 5.41) is 7.05. The molecule has 0 saturated carbocycles. The number of rotatable bonds is 4. The first-order valence-electron chi connectivity index (χ1n) is 8.60. The minimum atomic E-state index is -0.683. The van der Waals surface area contributed by atoms with Gasteiger partial charge in [-0.1, -0.05) is 28.1 Å². The van der Waals surface area contributed by atoms with E-state index in [2.05, 4.69) is 26.3 Å². The van der Waals surface area contributed by atoms with Crippen LogP contribution in [-0.2, 0) is 9.59 Å². The van der Waals surface area contributed by atoms with Gasteiger partial charge in [-0.2, -0.15) is 5.10 Å². The molecule has 2 heterocycles. The number of halogens is 1. The van der Waals surface area contributed by atoms with Crippen molar-refractivity contribution < 1.29 is 9.59 Å². The van der Waals surface area contributed by atoms with Crippen molar-refractivity contribution in [3.8, 4) is 5.69 Å². The fourth-order valence-electron chi connectivity index (χ4n) is 3.20. The van der Waals surface area contributed by atoms with Gasteiger partial charge in [0.1, 0.15) is 5.92 Å². The van der Waals surface area contributed by atoms with E-state index in [9.17, 15) is 9.59 Å². The molecule has 0 radical (unpaired) electrons. The molecular weight excluding hydrogens is 408 g/mol. The lowest BCUT2D eigenvalue weighted by Crippen LogP contribution is -2.33. The summed E-state index contributed by atoms with van der Waals surface area (Å²) < 4.78 is 2.61. The summed E-state index contributed by atoms with van der Waals surface area (Å²) in [5.74, 6) is -1.14. The first-order valence-corrected chi connectivity index (χ1v) is 9.39. The Morgan fingerprint density at radius 2 is 1.93 bits per heavy atom. The molecule has 6 nitrogen and oxygen atoms in total. The molecule has 0 bridgehead atoms. The average Bonchev–Trinajstić information content (AvgIpc) is 3.32. The summed E-state index contributed by atoms with van der Waals surface area (Å²) in [7, 11) is 0. The van der Waals surface area contributed by atoms with E-state index in [0.717, 1.165) is 15.8 Å². The number of aromatic nitrogens is 2. The van der Waals surface area contributed by atoms with Crippen LogP contribution in [0.4, 0.5) is 11.4 Å². The molecule has 4 rings (SSSR count). The molecule has 3 aromatic rings. The van der Waals surface area contributed by atoms with Gasteiger partial charge in [0, 0.05) is 34.8 Å². The molecule has 1 aliphatic rings. The van der Waals surface area contributed by atoms with E-state index in [-0.39, 0.29) is 11.8 Å². The predicted molar refractivity (Wildman–Crippen MR) is 107 cm³/mol. The zero-order chi connectivity index (χ0) is 18.8. The average molecular weight is 425 g/mol. The lowest BCUT2D eigenvalue weighted by molar-refractivity contribution is -0.129. The summed E-state index contributed by atoms with van der Waals surface area (Å²) >= 11 is 3.42. The number of hydrogen-bond donors (Lipinski definition) is 1. The van der Waals surface area contributed by atoms with E-state index in [1.165, 1.54) is 0 Å². The maximum Gasteiger partial charge on any atom is 0.239 e. The van der Waals surface area contributed by atoms with Crippen molar-refractivity contribution >= 4 is 39.1 Å². The molecule has 1 N–H and O–H groups in total. The van der Waals surface area contributed by atoms with Crippen LogP contribution in [0.2, 0.25) is 0 Å². The zero-order valence-corrected chi connectivity index (χ0v) is 16.0. The summed E-state index contributed by atoms with van der Waals surface area (Å²) in [6, 6.07) is 16.7. The van der Waals surface area contributed by atoms with Gasteiger partial charge in [0.2, 0.25) is 11.8 Å². The number of carbonyl (C=O) groups excluding carboxylic acids is 2. The topological polar surface area (TPSA) is 67.2 Å². The molecule has 1 fully saturated rings. The van der Waals surface area contributed by atoms with E-state index in [1.807, 2.05) is 54.7 Å². The predicted octanol–water partition coefficient (Wildman–Crippen LogP) is 3.63. The minimum absolute atomic E-state index is 0.172. The Bertz CT molecular complexity index is 987. The summed E-state index contributed by atoms with van der Waals surface area (Å²) in [6.45, 7) is 0.528. The first kappa shape index (κ1) is 17.5. The maximum atomic E-state index is 12.7. The third kappa shape index (κ3) is 3.64. The molecule has 136 valence electrons. The Labute approximate surface area is 164 Å². The van der Waals surface area contributed by atoms with Crippen molar-refractivity contribution in [3.05, 3.63) is 71.5 Å². The van der Waals surface area contributed by atoms with Crippen LogP contribution in [0.5, 0.6) is 0 Å². The van der Waals surface area contributed by atoms with Gasteiger partial charge in [0.15, 0.2) is 0 Å². The zero-order valence-electron chi connectivity index (χ0n) is 14.4. The molecular formula is C20H17BrN4O2. The second-order valence-electron chi connectivity index (χ2n) is 6.30. The molecule has 2 aromatic carbocycles. The van der Waals surface area contributed by atoms with Gasteiger partial charge in [-0.05, 0) is 48.9 Å². The lowest BCUT2D eigenvalue weighted by Gasteiger charge is -2.17. The monoisotopic (exact) mass is 424 g/mol. The first-order chi connectivity index (χ1) is 13.1. The van der Waals surface area contributed by atoms with Crippen molar-refractivity contribution in [2.45, 2.75) is 6.42 Å². The van der Waals surface area contributed by atoms with E-state index in [4.69, 9.17) is 0 Å². The van der Waals surface area contributed by atoms with E-state index < -0.39 is 5.92 Å². The Hall–Kier alpha value is -2.93. The van der Waals surface area contributed by atoms with Gasteiger partial charge in [0.05, 0.1) is 5.69 Å². The third-order valence-corrected chi connectivity index (χ3v) is 5.02. The van der Waals surface area contributed by atoms with Gasteiger partial charge < -0.3 is 10.2 Å².